The molecule has 0 spiro atoms. The maximum atomic E-state index is 11.3. The molecule has 0 aliphatic carbocycles. The number of nitrogens with zero attached hydrogens (tertiary/aromatic N) is 1. The van der Waals surface area contributed by atoms with Gasteiger partial charge in [0, 0.05) is 11.2 Å². The minimum Gasteiger partial charge on any atom is -0.478 e. The summed E-state index contributed by atoms with van der Waals surface area (Å²) in [5.41, 5.74) is 1.67. The van der Waals surface area contributed by atoms with Crippen molar-refractivity contribution < 1.29 is 9.90 Å². The third-order valence-electron chi connectivity index (χ3n) is 2.89. The van der Waals surface area contributed by atoms with Crippen LogP contribution in [-0.4, -0.2) is 21.6 Å². The molecule has 0 amide bonds. The van der Waals surface area contributed by atoms with Gasteiger partial charge in [-0.1, -0.05) is 13.3 Å². The van der Waals surface area contributed by atoms with Gasteiger partial charge in [-0.25, -0.2) is 9.78 Å². The van der Waals surface area contributed by atoms with E-state index in [1.807, 2.05) is 6.92 Å². The summed E-state index contributed by atoms with van der Waals surface area (Å²) in [5.74, 6) is -0.465. The van der Waals surface area contributed by atoms with Gasteiger partial charge in [-0.3, -0.25) is 0 Å². The number of hydrogen-bond donors (Lipinski definition) is 2. The summed E-state index contributed by atoms with van der Waals surface area (Å²) < 4.78 is 0. The zero-order chi connectivity index (χ0) is 13.9. The lowest BCUT2D eigenvalue weighted by Gasteiger charge is -2.27. The standard InChI is InChI=1S/C14H22N2O2/c1-6-7-14(4,5)16-12-11(13(17)18)9(2)8-10(3)15-12/h8H,6-7H2,1-5H3,(H,15,16)(H,17,18). The Hall–Kier alpha value is -1.58. The Bertz CT molecular complexity index is 453. The fraction of sp³-hybridized carbons (Fsp3) is 0.571. The van der Waals surface area contributed by atoms with Crippen LogP contribution in [0.15, 0.2) is 6.07 Å². The average molecular weight is 250 g/mol. The van der Waals surface area contributed by atoms with Gasteiger partial charge in [-0.15, -0.1) is 0 Å². The Morgan fingerprint density at radius 3 is 2.56 bits per heavy atom. The minimum absolute atomic E-state index is 0.161. The first-order valence-corrected chi connectivity index (χ1v) is 6.26. The molecule has 0 atom stereocenters. The monoisotopic (exact) mass is 250 g/mol. The van der Waals surface area contributed by atoms with Crippen molar-refractivity contribution >= 4 is 11.8 Å². The second kappa shape index (κ2) is 5.38. The Morgan fingerprint density at radius 1 is 1.44 bits per heavy atom. The Morgan fingerprint density at radius 2 is 2.06 bits per heavy atom. The predicted molar refractivity (Wildman–Crippen MR) is 73.3 cm³/mol. The highest BCUT2D eigenvalue weighted by molar-refractivity contribution is 5.95. The van der Waals surface area contributed by atoms with Crippen molar-refractivity contribution in [1.82, 2.24) is 4.98 Å². The van der Waals surface area contributed by atoms with E-state index in [1.54, 1.807) is 13.0 Å². The van der Waals surface area contributed by atoms with Crippen LogP contribution in [0.4, 0.5) is 5.82 Å². The van der Waals surface area contributed by atoms with Crippen molar-refractivity contribution in [3.8, 4) is 0 Å². The van der Waals surface area contributed by atoms with Gasteiger partial charge in [0.2, 0.25) is 0 Å². The quantitative estimate of drug-likeness (QED) is 0.841. The van der Waals surface area contributed by atoms with Gasteiger partial charge in [0.25, 0.3) is 0 Å². The summed E-state index contributed by atoms with van der Waals surface area (Å²) in [4.78, 5) is 15.6. The van der Waals surface area contributed by atoms with E-state index >= 15 is 0 Å². The first-order valence-electron chi connectivity index (χ1n) is 6.26. The minimum atomic E-state index is -0.935. The number of hydrogen-bond acceptors (Lipinski definition) is 3. The predicted octanol–water partition coefficient (Wildman–Crippen LogP) is 3.39. The van der Waals surface area contributed by atoms with Gasteiger partial charge in [0.05, 0.1) is 0 Å². The molecule has 1 aromatic rings. The molecule has 1 rings (SSSR count). The zero-order valence-electron chi connectivity index (χ0n) is 11.8. The lowest BCUT2D eigenvalue weighted by atomic mass is 9.98. The van der Waals surface area contributed by atoms with Crippen molar-refractivity contribution in [1.29, 1.82) is 0 Å². The molecule has 0 aromatic carbocycles. The Labute approximate surface area is 108 Å². The van der Waals surface area contributed by atoms with Crippen LogP contribution in [0.3, 0.4) is 0 Å². The van der Waals surface area contributed by atoms with Crippen LogP contribution in [0.5, 0.6) is 0 Å². The molecule has 1 heterocycles. The van der Waals surface area contributed by atoms with Crippen LogP contribution in [0, 0.1) is 13.8 Å². The molecule has 0 radical (unpaired) electrons. The first kappa shape index (κ1) is 14.5. The number of aryl methyl sites for hydroxylation is 2. The van der Waals surface area contributed by atoms with Gasteiger partial charge in [-0.2, -0.15) is 0 Å². The average Bonchev–Trinajstić information content (AvgIpc) is 2.13. The fourth-order valence-electron chi connectivity index (χ4n) is 2.21. The molecule has 0 aliphatic heterocycles. The van der Waals surface area contributed by atoms with Gasteiger partial charge in [0.1, 0.15) is 11.4 Å². The largest absolute Gasteiger partial charge is 0.478 e. The number of anilines is 1. The van der Waals surface area contributed by atoms with Crippen LogP contribution in [0.25, 0.3) is 0 Å². The van der Waals surface area contributed by atoms with E-state index in [9.17, 15) is 9.90 Å². The Balaban J connectivity index is 3.19. The lowest BCUT2D eigenvalue weighted by molar-refractivity contribution is 0.0696. The van der Waals surface area contributed by atoms with Crippen LogP contribution in [0.1, 0.15) is 55.2 Å². The van der Waals surface area contributed by atoms with Crippen molar-refractivity contribution in [2.45, 2.75) is 53.0 Å². The van der Waals surface area contributed by atoms with Gasteiger partial charge in [0.15, 0.2) is 0 Å². The molecule has 1 aromatic heterocycles. The molecule has 0 unspecified atom stereocenters. The topological polar surface area (TPSA) is 62.2 Å². The smallest absolute Gasteiger partial charge is 0.339 e. The number of rotatable bonds is 5. The summed E-state index contributed by atoms with van der Waals surface area (Å²) in [6.07, 6.45) is 1.99. The summed E-state index contributed by atoms with van der Waals surface area (Å²) in [6, 6.07) is 1.79. The molecule has 100 valence electrons. The molecule has 0 fully saturated rings. The number of nitrogens with one attached hydrogen (secondary N) is 1. The van der Waals surface area contributed by atoms with Crippen LogP contribution in [0.2, 0.25) is 0 Å². The highest BCUT2D eigenvalue weighted by Gasteiger charge is 2.22. The number of aromatic carboxylic acids is 1. The van der Waals surface area contributed by atoms with E-state index in [4.69, 9.17) is 0 Å². The summed E-state index contributed by atoms with van der Waals surface area (Å²) in [7, 11) is 0. The number of carboxylic acid groups (broad SMARTS) is 1. The van der Waals surface area contributed by atoms with E-state index in [2.05, 4.69) is 31.1 Å². The summed E-state index contributed by atoms with van der Waals surface area (Å²) in [6.45, 7) is 9.90. The molecule has 0 aliphatic rings. The van der Waals surface area contributed by atoms with Gasteiger partial charge >= 0.3 is 5.97 Å². The first-order chi connectivity index (χ1) is 8.26. The SMILES string of the molecule is CCCC(C)(C)Nc1nc(C)cc(C)c1C(=O)O. The maximum Gasteiger partial charge on any atom is 0.339 e. The normalized spacial score (nSPS) is 11.4. The second-order valence-electron chi connectivity index (χ2n) is 5.37. The molecule has 0 saturated carbocycles. The molecule has 2 N–H and O–H groups in total. The fourth-order valence-corrected chi connectivity index (χ4v) is 2.21. The van der Waals surface area contributed by atoms with E-state index in [0.29, 0.717) is 5.82 Å². The van der Waals surface area contributed by atoms with Crippen LogP contribution >= 0.6 is 0 Å². The zero-order valence-corrected chi connectivity index (χ0v) is 11.8. The molecule has 0 saturated heterocycles. The van der Waals surface area contributed by atoms with Gasteiger partial charge in [-0.05, 0) is 45.7 Å². The molecule has 4 heteroatoms. The third-order valence-corrected chi connectivity index (χ3v) is 2.89. The van der Waals surface area contributed by atoms with Crippen molar-refractivity contribution in [3.05, 3.63) is 22.9 Å². The van der Waals surface area contributed by atoms with E-state index in [-0.39, 0.29) is 11.1 Å². The van der Waals surface area contributed by atoms with E-state index in [1.165, 1.54) is 0 Å². The number of carbonyl (C=O) groups is 1. The van der Waals surface area contributed by atoms with Crippen molar-refractivity contribution in [2.24, 2.45) is 0 Å². The highest BCUT2D eigenvalue weighted by Crippen LogP contribution is 2.24. The summed E-state index contributed by atoms with van der Waals surface area (Å²) in [5, 5.41) is 12.5. The number of aromatic nitrogens is 1. The van der Waals surface area contributed by atoms with Crippen LogP contribution in [-0.2, 0) is 0 Å². The highest BCUT2D eigenvalue weighted by atomic mass is 16.4. The Kier molecular flexibility index (Phi) is 4.33. The molecular formula is C14H22N2O2. The lowest BCUT2D eigenvalue weighted by Crippen LogP contribution is -2.32. The van der Waals surface area contributed by atoms with E-state index in [0.717, 1.165) is 24.1 Å². The number of pyridine rings is 1. The molecule has 4 nitrogen and oxygen atoms in total. The van der Waals surface area contributed by atoms with Gasteiger partial charge < -0.3 is 10.4 Å². The number of carboxylic acids is 1. The maximum absolute atomic E-state index is 11.3. The van der Waals surface area contributed by atoms with Crippen LogP contribution < -0.4 is 5.32 Å². The molecule has 18 heavy (non-hydrogen) atoms. The second-order valence-corrected chi connectivity index (χ2v) is 5.37. The third kappa shape index (κ3) is 3.45. The van der Waals surface area contributed by atoms with Crippen molar-refractivity contribution in [3.63, 3.8) is 0 Å². The summed E-state index contributed by atoms with van der Waals surface area (Å²) >= 11 is 0. The van der Waals surface area contributed by atoms with Crippen molar-refractivity contribution in [2.75, 3.05) is 5.32 Å². The molecule has 0 bridgehead atoms. The molecular weight excluding hydrogens is 228 g/mol. The van der Waals surface area contributed by atoms with E-state index < -0.39 is 5.97 Å².